The number of aryl methyl sites for hydroxylation is 1. The lowest BCUT2D eigenvalue weighted by Crippen LogP contribution is -2.42. The monoisotopic (exact) mass is 343 g/mol. The van der Waals surface area contributed by atoms with Crippen molar-refractivity contribution in [1.82, 2.24) is 15.3 Å². The number of benzene rings is 1. The summed E-state index contributed by atoms with van der Waals surface area (Å²) in [5, 5.41) is 2.98. The lowest BCUT2D eigenvalue weighted by Gasteiger charge is -2.37. The van der Waals surface area contributed by atoms with Crippen LogP contribution in [-0.2, 0) is 11.2 Å². The molecule has 3 N–H and O–H groups in total. The number of carbonyl (C=O) groups excluding carboxylic acids is 1. The van der Waals surface area contributed by atoms with E-state index in [1.54, 1.807) is 6.92 Å². The van der Waals surface area contributed by atoms with Crippen LogP contribution in [-0.4, -0.2) is 21.5 Å². The largest absolute Gasteiger partial charge is 0.487 e. The second-order valence-electron chi connectivity index (χ2n) is 6.91. The van der Waals surface area contributed by atoms with E-state index in [4.69, 9.17) is 4.74 Å². The number of rotatable bonds is 3. The number of hydrogen-bond acceptors (Lipinski definition) is 4. The summed E-state index contributed by atoms with van der Waals surface area (Å²) in [6.07, 6.45) is 0.522. The maximum Gasteiger partial charge on any atom is 0.325 e. The third-order valence-electron chi connectivity index (χ3n) is 4.30. The topological polar surface area (TPSA) is 104 Å². The highest BCUT2D eigenvalue weighted by molar-refractivity contribution is 5.79. The normalized spacial score (nSPS) is 18.1. The van der Waals surface area contributed by atoms with E-state index in [1.165, 1.54) is 0 Å². The van der Waals surface area contributed by atoms with Crippen molar-refractivity contribution < 1.29 is 9.53 Å². The van der Waals surface area contributed by atoms with Crippen molar-refractivity contribution in [3.05, 3.63) is 61.9 Å². The number of nitrogens with one attached hydrogen (secondary N) is 3. The van der Waals surface area contributed by atoms with Crippen molar-refractivity contribution in [2.45, 2.75) is 45.3 Å². The fourth-order valence-corrected chi connectivity index (χ4v) is 3.18. The van der Waals surface area contributed by atoms with E-state index in [-0.39, 0.29) is 23.9 Å². The Kier molecular flexibility index (Phi) is 4.24. The SMILES string of the molecule is Cc1[nH]c(=O)[nH]c(=O)c1CC(=O)N[C@@H]1CC(C)(C)Oc2ccccc21. The number of amides is 1. The summed E-state index contributed by atoms with van der Waals surface area (Å²) in [7, 11) is 0. The first kappa shape index (κ1) is 17.0. The van der Waals surface area contributed by atoms with Gasteiger partial charge in [0, 0.05) is 23.2 Å². The molecule has 1 aliphatic rings. The fourth-order valence-electron chi connectivity index (χ4n) is 3.18. The lowest BCUT2D eigenvalue weighted by molar-refractivity contribution is -0.121. The molecule has 0 bridgehead atoms. The van der Waals surface area contributed by atoms with Crippen LogP contribution in [0.3, 0.4) is 0 Å². The molecule has 0 saturated carbocycles. The molecule has 2 heterocycles. The minimum absolute atomic E-state index is 0.0993. The number of aromatic nitrogens is 2. The Bertz CT molecular complexity index is 926. The van der Waals surface area contributed by atoms with Gasteiger partial charge in [-0.25, -0.2) is 4.79 Å². The van der Waals surface area contributed by atoms with Crippen LogP contribution in [0.15, 0.2) is 33.9 Å². The third kappa shape index (κ3) is 3.65. The first-order valence-corrected chi connectivity index (χ1v) is 8.14. The van der Waals surface area contributed by atoms with Gasteiger partial charge in [-0.15, -0.1) is 0 Å². The highest BCUT2D eigenvalue weighted by Gasteiger charge is 2.34. The molecule has 0 aliphatic carbocycles. The number of para-hydroxylation sites is 1. The van der Waals surface area contributed by atoms with E-state index in [0.29, 0.717) is 12.1 Å². The molecule has 0 saturated heterocycles. The van der Waals surface area contributed by atoms with Crippen molar-refractivity contribution in [3.8, 4) is 5.75 Å². The predicted molar refractivity (Wildman–Crippen MR) is 92.8 cm³/mol. The Labute approximate surface area is 144 Å². The van der Waals surface area contributed by atoms with E-state index < -0.39 is 16.9 Å². The van der Waals surface area contributed by atoms with Gasteiger partial charge in [-0.3, -0.25) is 14.6 Å². The van der Waals surface area contributed by atoms with Crippen LogP contribution in [0.25, 0.3) is 0 Å². The number of ether oxygens (including phenoxy) is 1. The molecule has 7 heteroatoms. The number of hydrogen-bond donors (Lipinski definition) is 3. The molecule has 3 rings (SSSR count). The van der Waals surface area contributed by atoms with Crippen molar-refractivity contribution in [2.75, 3.05) is 0 Å². The van der Waals surface area contributed by atoms with Crippen LogP contribution >= 0.6 is 0 Å². The van der Waals surface area contributed by atoms with Gasteiger partial charge >= 0.3 is 5.69 Å². The minimum Gasteiger partial charge on any atom is -0.487 e. The van der Waals surface area contributed by atoms with Gasteiger partial charge in [0.25, 0.3) is 5.56 Å². The molecule has 1 amide bonds. The van der Waals surface area contributed by atoms with Gasteiger partial charge in [-0.1, -0.05) is 18.2 Å². The van der Waals surface area contributed by atoms with Crippen LogP contribution in [0, 0.1) is 6.92 Å². The third-order valence-corrected chi connectivity index (χ3v) is 4.30. The number of carbonyl (C=O) groups is 1. The zero-order chi connectivity index (χ0) is 18.2. The van der Waals surface area contributed by atoms with E-state index in [0.717, 1.165) is 11.3 Å². The van der Waals surface area contributed by atoms with Gasteiger partial charge in [0.15, 0.2) is 0 Å². The molecule has 2 aromatic rings. The first-order chi connectivity index (χ1) is 11.7. The maximum atomic E-state index is 12.5. The molecule has 1 atom stereocenters. The van der Waals surface area contributed by atoms with Gasteiger partial charge in [-0.05, 0) is 26.8 Å². The zero-order valence-corrected chi connectivity index (χ0v) is 14.4. The Morgan fingerprint density at radius 3 is 2.72 bits per heavy atom. The van der Waals surface area contributed by atoms with Crippen molar-refractivity contribution in [3.63, 3.8) is 0 Å². The molecule has 0 fully saturated rings. The van der Waals surface area contributed by atoms with E-state index in [1.807, 2.05) is 38.1 Å². The molecule has 132 valence electrons. The van der Waals surface area contributed by atoms with Gasteiger partial charge in [0.2, 0.25) is 5.91 Å². The average Bonchev–Trinajstić information content (AvgIpc) is 2.49. The van der Waals surface area contributed by atoms with Crippen LogP contribution < -0.4 is 21.3 Å². The fraction of sp³-hybridized carbons (Fsp3) is 0.389. The summed E-state index contributed by atoms with van der Waals surface area (Å²) in [5.74, 6) is 0.472. The smallest absolute Gasteiger partial charge is 0.325 e. The summed E-state index contributed by atoms with van der Waals surface area (Å²) in [5.41, 5.74) is 0.0592. The second kappa shape index (κ2) is 6.23. The van der Waals surface area contributed by atoms with Crippen LogP contribution in [0.2, 0.25) is 0 Å². The standard InChI is InChI=1S/C18H21N3O4/c1-10-12(16(23)21-17(24)19-10)8-15(22)20-13-9-18(2,3)25-14-7-5-4-6-11(13)14/h4-7,13H,8-9H2,1-3H3,(H,20,22)(H2,19,21,23,24)/t13-/m1/s1. The Morgan fingerprint density at radius 1 is 1.28 bits per heavy atom. The molecule has 1 aromatic carbocycles. The molecular weight excluding hydrogens is 322 g/mol. The summed E-state index contributed by atoms with van der Waals surface area (Å²) >= 11 is 0. The highest BCUT2D eigenvalue weighted by atomic mass is 16.5. The molecule has 1 aromatic heterocycles. The molecular formula is C18H21N3O4. The quantitative estimate of drug-likeness (QED) is 0.782. The number of H-pyrrole nitrogens is 2. The second-order valence-corrected chi connectivity index (χ2v) is 6.91. The van der Waals surface area contributed by atoms with Gasteiger partial charge in [-0.2, -0.15) is 0 Å². The van der Waals surface area contributed by atoms with Crippen molar-refractivity contribution >= 4 is 5.91 Å². The van der Waals surface area contributed by atoms with Gasteiger partial charge < -0.3 is 15.0 Å². The van der Waals surface area contributed by atoms with E-state index >= 15 is 0 Å². The summed E-state index contributed by atoms with van der Waals surface area (Å²) in [4.78, 5) is 40.3. The number of fused-ring (bicyclic) bond motifs is 1. The van der Waals surface area contributed by atoms with E-state index in [2.05, 4.69) is 15.3 Å². The molecule has 0 unspecified atom stereocenters. The van der Waals surface area contributed by atoms with E-state index in [9.17, 15) is 14.4 Å². The summed E-state index contributed by atoms with van der Waals surface area (Å²) < 4.78 is 5.95. The highest BCUT2D eigenvalue weighted by Crippen LogP contribution is 2.39. The molecule has 0 spiro atoms. The Hall–Kier alpha value is -2.83. The summed E-state index contributed by atoms with van der Waals surface area (Å²) in [6.45, 7) is 5.55. The molecule has 1 aliphatic heterocycles. The van der Waals surface area contributed by atoms with Crippen LogP contribution in [0.4, 0.5) is 0 Å². The summed E-state index contributed by atoms with van der Waals surface area (Å²) in [6, 6.07) is 7.40. The minimum atomic E-state index is -0.577. The zero-order valence-electron chi connectivity index (χ0n) is 14.4. The van der Waals surface area contributed by atoms with Crippen LogP contribution in [0.1, 0.15) is 43.1 Å². The average molecular weight is 343 g/mol. The first-order valence-electron chi connectivity index (χ1n) is 8.14. The molecule has 7 nitrogen and oxygen atoms in total. The lowest BCUT2D eigenvalue weighted by atomic mass is 9.89. The Balaban J connectivity index is 1.82. The van der Waals surface area contributed by atoms with Crippen molar-refractivity contribution in [1.29, 1.82) is 0 Å². The maximum absolute atomic E-state index is 12.5. The molecule has 25 heavy (non-hydrogen) atoms. The van der Waals surface area contributed by atoms with Crippen molar-refractivity contribution in [2.24, 2.45) is 0 Å². The number of aromatic amines is 2. The molecule has 0 radical (unpaired) electrons. The predicted octanol–water partition coefficient (Wildman–Crippen LogP) is 1.33. The van der Waals surface area contributed by atoms with Crippen LogP contribution in [0.5, 0.6) is 5.75 Å². The van der Waals surface area contributed by atoms with Gasteiger partial charge in [0.05, 0.1) is 12.5 Å². The van der Waals surface area contributed by atoms with Gasteiger partial charge in [0.1, 0.15) is 11.4 Å². The Morgan fingerprint density at radius 2 is 2.00 bits per heavy atom.